The molecule has 2 aromatic rings. The van der Waals surface area contributed by atoms with Crippen molar-refractivity contribution in [3.63, 3.8) is 0 Å². The van der Waals surface area contributed by atoms with E-state index < -0.39 is 17.6 Å². The molecule has 160 valence electrons. The predicted octanol–water partition coefficient (Wildman–Crippen LogP) is 4.49. The molecular weight excluding hydrogens is 415 g/mol. The van der Waals surface area contributed by atoms with Gasteiger partial charge in [-0.05, 0) is 66.8 Å². The standard InChI is InChI=1S/C21H22F3N3O2S/c22-21(23,24)16-6-8-18(9-7-16)30-26-17-11-13-27(14-12-17)19-4-2-1-3-15(19)5-10-20(28)25-29/h1-10,17,26,29H,11-14H2,(H,25,28)/b10-5+. The van der Waals surface area contributed by atoms with Crippen molar-refractivity contribution in [1.29, 1.82) is 0 Å². The Kier molecular flexibility index (Phi) is 7.41. The Bertz CT molecular complexity index is 880. The number of anilines is 1. The van der Waals surface area contributed by atoms with Crippen LogP contribution in [0.5, 0.6) is 0 Å². The zero-order valence-corrected chi connectivity index (χ0v) is 16.8. The Morgan fingerprint density at radius 1 is 1.10 bits per heavy atom. The van der Waals surface area contributed by atoms with Crippen LogP contribution in [0.4, 0.5) is 18.9 Å². The molecular formula is C21H22F3N3O2S. The smallest absolute Gasteiger partial charge is 0.371 e. The molecule has 1 aliphatic rings. The number of rotatable bonds is 6. The molecule has 0 spiro atoms. The summed E-state index contributed by atoms with van der Waals surface area (Å²) >= 11 is 1.35. The molecule has 0 aromatic heterocycles. The lowest BCUT2D eigenvalue weighted by atomic mass is 10.0. The molecule has 9 heteroatoms. The number of para-hydroxylation sites is 1. The summed E-state index contributed by atoms with van der Waals surface area (Å²) in [5.74, 6) is -0.590. The first-order chi connectivity index (χ1) is 14.4. The zero-order valence-electron chi connectivity index (χ0n) is 16.0. The second-order valence-corrected chi connectivity index (χ2v) is 7.78. The molecule has 1 saturated heterocycles. The maximum absolute atomic E-state index is 12.6. The normalized spacial score (nSPS) is 15.5. The summed E-state index contributed by atoms with van der Waals surface area (Å²) in [4.78, 5) is 14.2. The van der Waals surface area contributed by atoms with E-state index in [0.29, 0.717) is 0 Å². The Balaban J connectivity index is 1.53. The van der Waals surface area contributed by atoms with Gasteiger partial charge >= 0.3 is 6.18 Å². The van der Waals surface area contributed by atoms with E-state index in [2.05, 4.69) is 9.62 Å². The van der Waals surface area contributed by atoms with Crippen LogP contribution >= 0.6 is 11.9 Å². The van der Waals surface area contributed by atoms with Crippen molar-refractivity contribution >= 4 is 29.6 Å². The summed E-state index contributed by atoms with van der Waals surface area (Å²) in [5, 5.41) is 8.62. The number of hydrogen-bond acceptors (Lipinski definition) is 5. The van der Waals surface area contributed by atoms with Gasteiger partial charge in [0.2, 0.25) is 0 Å². The SMILES string of the molecule is O=C(/C=C/c1ccccc1N1CCC(NSc2ccc(C(F)(F)F)cc2)CC1)NO. The van der Waals surface area contributed by atoms with Gasteiger partial charge in [-0.3, -0.25) is 14.7 Å². The monoisotopic (exact) mass is 437 g/mol. The number of amides is 1. The maximum atomic E-state index is 12.6. The quantitative estimate of drug-likeness (QED) is 0.269. The van der Waals surface area contributed by atoms with E-state index in [1.807, 2.05) is 24.3 Å². The molecule has 2 aromatic carbocycles. The van der Waals surface area contributed by atoms with Gasteiger partial charge in [-0.1, -0.05) is 18.2 Å². The van der Waals surface area contributed by atoms with Gasteiger partial charge in [0.25, 0.3) is 5.91 Å². The number of hydrogen-bond donors (Lipinski definition) is 3. The van der Waals surface area contributed by atoms with E-state index >= 15 is 0 Å². The number of alkyl halides is 3. The summed E-state index contributed by atoms with van der Waals surface area (Å²) in [5.41, 5.74) is 2.81. The maximum Gasteiger partial charge on any atom is 0.416 e. The van der Waals surface area contributed by atoms with Crippen LogP contribution in [0.3, 0.4) is 0 Å². The fourth-order valence-electron chi connectivity index (χ4n) is 3.22. The largest absolute Gasteiger partial charge is 0.416 e. The average Bonchev–Trinajstić information content (AvgIpc) is 2.76. The van der Waals surface area contributed by atoms with Gasteiger partial charge in [-0.25, -0.2) is 5.48 Å². The van der Waals surface area contributed by atoms with Crippen molar-refractivity contribution in [3.05, 3.63) is 65.7 Å². The van der Waals surface area contributed by atoms with Gasteiger partial charge in [-0.2, -0.15) is 13.2 Å². The first-order valence-corrected chi connectivity index (χ1v) is 10.2. The van der Waals surface area contributed by atoms with Crippen molar-refractivity contribution in [3.8, 4) is 0 Å². The third kappa shape index (κ3) is 6.01. The Labute approximate surface area is 177 Å². The van der Waals surface area contributed by atoms with E-state index in [1.165, 1.54) is 30.2 Å². The number of nitrogens with one attached hydrogen (secondary N) is 2. The third-order valence-corrected chi connectivity index (χ3v) is 5.78. The van der Waals surface area contributed by atoms with Gasteiger partial charge in [0.1, 0.15) is 0 Å². The molecule has 0 unspecified atom stereocenters. The first-order valence-electron chi connectivity index (χ1n) is 9.42. The number of carbonyl (C=O) groups is 1. The van der Waals surface area contributed by atoms with E-state index in [-0.39, 0.29) is 6.04 Å². The molecule has 1 amide bonds. The molecule has 5 nitrogen and oxygen atoms in total. The van der Waals surface area contributed by atoms with Gasteiger partial charge in [0, 0.05) is 35.8 Å². The van der Waals surface area contributed by atoms with Gasteiger partial charge in [0.15, 0.2) is 0 Å². The number of halogens is 3. The van der Waals surface area contributed by atoms with Crippen LogP contribution in [0.25, 0.3) is 6.08 Å². The molecule has 1 fully saturated rings. The highest BCUT2D eigenvalue weighted by atomic mass is 32.2. The van der Waals surface area contributed by atoms with Crippen molar-refractivity contribution in [2.75, 3.05) is 18.0 Å². The number of benzene rings is 2. The number of piperidine rings is 1. The topological polar surface area (TPSA) is 64.6 Å². The third-order valence-electron chi connectivity index (χ3n) is 4.82. The minimum atomic E-state index is -4.32. The lowest BCUT2D eigenvalue weighted by Crippen LogP contribution is -2.40. The molecule has 1 aliphatic heterocycles. The molecule has 0 atom stereocenters. The second kappa shape index (κ2) is 10.0. The molecule has 3 rings (SSSR count). The average molecular weight is 437 g/mol. The van der Waals surface area contributed by atoms with E-state index in [4.69, 9.17) is 5.21 Å². The minimum absolute atomic E-state index is 0.247. The fourth-order valence-corrected chi connectivity index (χ4v) is 4.03. The lowest BCUT2D eigenvalue weighted by molar-refractivity contribution is -0.137. The van der Waals surface area contributed by atoms with E-state index in [9.17, 15) is 18.0 Å². The van der Waals surface area contributed by atoms with Gasteiger partial charge in [-0.15, -0.1) is 0 Å². The van der Waals surface area contributed by atoms with Crippen LogP contribution in [0.2, 0.25) is 0 Å². The molecule has 0 radical (unpaired) electrons. The van der Waals surface area contributed by atoms with E-state index in [0.717, 1.165) is 54.2 Å². The Hall–Kier alpha value is -2.49. The zero-order chi connectivity index (χ0) is 21.6. The highest BCUT2D eigenvalue weighted by molar-refractivity contribution is 7.97. The Morgan fingerprint density at radius 3 is 2.40 bits per heavy atom. The number of nitrogens with zero attached hydrogens (tertiary/aromatic N) is 1. The van der Waals surface area contributed by atoms with Crippen LogP contribution < -0.4 is 15.1 Å². The molecule has 0 saturated carbocycles. The molecule has 30 heavy (non-hydrogen) atoms. The van der Waals surface area contributed by atoms with Crippen molar-refractivity contribution in [2.45, 2.75) is 30.0 Å². The summed E-state index contributed by atoms with van der Waals surface area (Å²) in [6.07, 6.45) is 0.363. The fraction of sp³-hybridized carbons (Fsp3) is 0.286. The van der Waals surface area contributed by atoms with Crippen molar-refractivity contribution in [2.24, 2.45) is 0 Å². The van der Waals surface area contributed by atoms with Gasteiger partial charge < -0.3 is 4.90 Å². The molecule has 3 N–H and O–H groups in total. The highest BCUT2D eigenvalue weighted by Gasteiger charge is 2.30. The number of carbonyl (C=O) groups excluding carboxylic acids is 1. The van der Waals surface area contributed by atoms with Crippen LogP contribution in [0.1, 0.15) is 24.0 Å². The summed E-state index contributed by atoms with van der Waals surface area (Å²) in [7, 11) is 0. The van der Waals surface area contributed by atoms with Crippen LogP contribution in [0.15, 0.2) is 59.5 Å². The molecule has 0 bridgehead atoms. The van der Waals surface area contributed by atoms with Crippen molar-refractivity contribution < 1.29 is 23.2 Å². The lowest BCUT2D eigenvalue weighted by Gasteiger charge is -2.34. The number of hydroxylamine groups is 1. The van der Waals surface area contributed by atoms with Crippen molar-refractivity contribution in [1.82, 2.24) is 10.2 Å². The summed E-state index contributed by atoms with van der Waals surface area (Å²) in [6.45, 7) is 1.62. The Morgan fingerprint density at radius 2 is 1.77 bits per heavy atom. The molecule has 1 heterocycles. The van der Waals surface area contributed by atoms with Crippen LogP contribution in [-0.4, -0.2) is 30.2 Å². The second-order valence-electron chi connectivity index (χ2n) is 6.87. The predicted molar refractivity (Wildman–Crippen MR) is 111 cm³/mol. The minimum Gasteiger partial charge on any atom is -0.371 e. The van der Waals surface area contributed by atoms with Gasteiger partial charge in [0.05, 0.1) is 5.56 Å². The van der Waals surface area contributed by atoms with Crippen LogP contribution in [0, 0.1) is 0 Å². The molecule has 0 aliphatic carbocycles. The summed E-state index contributed by atoms with van der Waals surface area (Å²) < 4.78 is 41.3. The van der Waals surface area contributed by atoms with Crippen LogP contribution in [-0.2, 0) is 11.0 Å². The highest BCUT2D eigenvalue weighted by Crippen LogP contribution is 2.31. The first kappa shape index (κ1) is 22.2. The summed E-state index contributed by atoms with van der Waals surface area (Å²) in [6, 6.07) is 13.1. The van der Waals surface area contributed by atoms with E-state index in [1.54, 1.807) is 11.6 Å².